The van der Waals surface area contributed by atoms with E-state index in [1.807, 2.05) is 0 Å². The van der Waals surface area contributed by atoms with Crippen LogP contribution < -0.4 is 4.90 Å². The summed E-state index contributed by atoms with van der Waals surface area (Å²) in [6.07, 6.45) is 1.76. The lowest BCUT2D eigenvalue weighted by Gasteiger charge is -2.47. The fourth-order valence-electron chi connectivity index (χ4n) is 2.83. The van der Waals surface area contributed by atoms with Crippen molar-refractivity contribution in [1.82, 2.24) is 0 Å². The largest absolute Gasteiger partial charge is 0.391 e. The third kappa shape index (κ3) is 2.32. The number of piperidine rings is 1. The molecule has 0 bridgehead atoms. The number of anilines is 1. The van der Waals surface area contributed by atoms with Gasteiger partial charge in [-0.3, -0.25) is 0 Å². The van der Waals surface area contributed by atoms with Crippen LogP contribution in [0.4, 0.5) is 5.69 Å². The second-order valence-electron chi connectivity index (χ2n) is 5.86. The molecule has 1 atom stereocenters. The van der Waals surface area contributed by atoms with Crippen molar-refractivity contribution in [3.63, 3.8) is 0 Å². The van der Waals surface area contributed by atoms with Gasteiger partial charge in [0.15, 0.2) is 0 Å². The highest BCUT2D eigenvalue weighted by Gasteiger charge is 2.34. The lowest BCUT2D eigenvalue weighted by atomic mass is 9.87. The summed E-state index contributed by atoms with van der Waals surface area (Å²) >= 11 is 0. The van der Waals surface area contributed by atoms with Crippen LogP contribution in [-0.4, -0.2) is 23.3 Å². The molecule has 1 saturated heterocycles. The van der Waals surface area contributed by atoms with Crippen LogP contribution in [-0.2, 0) is 0 Å². The number of aliphatic hydroxyl groups excluding tert-OH is 1. The van der Waals surface area contributed by atoms with Gasteiger partial charge < -0.3 is 10.0 Å². The van der Waals surface area contributed by atoms with E-state index in [1.165, 1.54) is 16.8 Å². The van der Waals surface area contributed by atoms with E-state index in [2.05, 4.69) is 50.8 Å². The zero-order valence-corrected chi connectivity index (χ0v) is 11.3. The molecule has 2 rings (SSSR count). The van der Waals surface area contributed by atoms with E-state index in [4.69, 9.17) is 0 Å². The van der Waals surface area contributed by atoms with Gasteiger partial charge in [-0.25, -0.2) is 0 Å². The van der Waals surface area contributed by atoms with E-state index < -0.39 is 0 Å². The Kier molecular flexibility index (Phi) is 3.17. The third-order valence-corrected chi connectivity index (χ3v) is 3.92. The van der Waals surface area contributed by atoms with Crippen LogP contribution in [0.25, 0.3) is 0 Å². The normalized spacial score (nSPS) is 23.8. The average Bonchev–Trinajstić information content (AvgIpc) is 2.23. The minimum atomic E-state index is -0.193. The summed E-state index contributed by atoms with van der Waals surface area (Å²) in [6, 6.07) is 6.40. The molecule has 1 aromatic rings. The standard InChI is InChI=1S/C15H23NO/c1-11-6-5-7-12(2)14(11)16-10-13(17)8-9-15(16,3)4/h5-7,13,17H,8-10H2,1-4H3. The summed E-state index contributed by atoms with van der Waals surface area (Å²) in [5.41, 5.74) is 4.03. The zero-order chi connectivity index (χ0) is 12.6. The topological polar surface area (TPSA) is 23.5 Å². The van der Waals surface area contributed by atoms with E-state index in [-0.39, 0.29) is 11.6 Å². The lowest BCUT2D eigenvalue weighted by molar-refractivity contribution is 0.126. The van der Waals surface area contributed by atoms with Crippen molar-refractivity contribution >= 4 is 5.69 Å². The molecule has 1 fully saturated rings. The second-order valence-corrected chi connectivity index (χ2v) is 5.86. The Morgan fingerprint density at radius 3 is 2.41 bits per heavy atom. The predicted molar refractivity (Wildman–Crippen MR) is 72.6 cm³/mol. The van der Waals surface area contributed by atoms with Crippen LogP contribution in [0.1, 0.15) is 37.8 Å². The molecule has 1 N–H and O–H groups in total. The molecule has 2 heteroatoms. The van der Waals surface area contributed by atoms with Gasteiger partial charge in [0, 0.05) is 17.8 Å². The van der Waals surface area contributed by atoms with E-state index in [0.29, 0.717) is 0 Å². The molecule has 94 valence electrons. The Bertz CT molecular complexity index is 391. The first-order chi connectivity index (χ1) is 7.92. The van der Waals surface area contributed by atoms with Crippen LogP contribution in [0.2, 0.25) is 0 Å². The van der Waals surface area contributed by atoms with Crippen molar-refractivity contribution < 1.29 is 5.11 Å². The van der Waals surface area contributed by atoms with Crippen molar-refractivity contribution in [2.24, 2.45) is 0 Å². The van der Waals surface area contributed by atoms with E-state index in [1.54, 1.807) is 0 Å². The monoisotopic (exact) mass is 233 g/mol. The van der Waals surface area contributed by atoms with Gasteiger partial charge in [0.1, 0.15) is 0 Å². The maximum absolute atomic E-state index is 9.91. The van der Waals surface area contributed by atoms with Gasteiger partial charge in [0.2, 0.25) is 0 Å². The molecule has 0 saturated carbocycles. The Morgan fingerprint density at radius 1 is 1.24 bits per heavy atom. The van der Waals surface area contributed by atoms with Crippen molar-refractivity contribution in [2.45, 2.75) is 52.2 Å². The van der Waals surface area contributed by atoms with Crippen LogP contribution >= 0.6 is 0 Å². The molecule has 1 aromatic carbocycles. The van der Waals surface area contributed by atoms with Crippen LogP contribution in [0.5, 0.6) is 0 Å². The maximum atomic E-state index is 9.91. The van der Waals surface area contributed by atoms with E-state index in [9.17, 15) is 5.11 Å². The fourth-order valence-corrected chi connectivity index (χ4v) is 2.83. The molecule has 17 heavy (non-hydrogen) atoms. The van der Waals surface area contributed by atoms with Gasteiger partial charge in [-0.2, -0.15) is 0 Å². The molecule has 2 nitrogen and oxygen atoms in total. The number of hydrogen-bond donors (Lipinski definition) is 1. The molecule has 0 spiro atoms. The van der Waals surface area contributed by atoms with Crippen LogP contribution in [0.15, 0.2) is 18.2 Å². The Balaban J connectivity index is 2.43. The molecule has 0 aliphatic carbocycles. The average molecular weight is 233 g/mol. The van der Waals surface area contributed by atoms with Crippen molar-refractivity contribution in [2.75, 3.05) is 11.4 Å². The maximum Gasteiger partial charge on any atom is 0.0716 e. The number of aryl methyl sites for hydroxylation is 2. The molecule has 0 amide bonds. The van der Waals surface area contributed by atoms with Crippen LogP contribution in [0, 0.1) is 13.8 Å². The zero-order valence-electron chi connectivity index (χ0n) is 11.3. The quantitative estimate of drug-likeness (QED) is 0.806. The first-order valence-corrected chi connectivity index (χ1v) is 6.44. The molecular formula is C15H23NO. The Morgan fingerprint density at radius 2 is 1.82 bits per heavy atom. The summed E-state index contributed by atoms with van der Waals surface area (Å²) in [7, 11) is 0. The number of benzene rings is 1. The summed E-state index contributed by atoms with van der Waals surface area (Å²) in [6.45, 7) is 9.59. The van der Waals surface area contributed by atoms with Gasteiger partial charge in [-0.1, -0.05) is 18.2 Å². The molecule has 1 aliphatic heterocycles. The minimum absolute atomic E-state index is 0.135. The van der Waals surface area contributed by atoms with Gasteiger partial charge in [-0.15, -0.1) is 0 Å². The molecule has 0 radical (unpaired) electrons. The van der Waals surface area contributed by atoms with Gasteiger partial charge in [0.25, 0.3) is 0 Å². The number of aliphatic hydroxyl groups is 1. The fraction of sp³-hybridized carbons (Fsp3) is 0.600. The first-order valence-electron chi connectivity index (χ1n) is 6.44. The van der Waals surface area contributed by atoms with Crippen molar-refractivity contribution in [3.8, 4) is 0 Å². The smallest absolute Gasteiger partial charge is 0.0716 e. The molecule has 1 heterocycles. The molecule has 0 aromatic heterocycles. The first kappa shape index (κ1) is 12.4. The molecular weight excluding hydrogens is 210 g/mol. The summed E-state index contributed by atoms with van der Waals surface area (Å²) in [5, 5.41) is 9.91. The summed E-state index contributed by atoms with van der Waals surface area (Å²) < 4.78 is 0. The number of para-hydroxylation sites is 1. The SMILES string of the molecule is Cc1cccc(C)c1N1CC(O)CCC1(C)C. The number of hydrogen-bond acceptors (Lipinski definition) is 2. The van der Waals surface area contributed by atoms with Gasteiger partial charge in [0.05, 0.1) is 6.10 Å². The lowest BCUT2D eigenvalue weighted by Crippen LogP contribution is -2.52. The van der Waals surface area contributed by atoms with E-state index >= 15 is 0 Å². The highest BCUT2D eigenvalue weighted by molar-refractivity contribution is 5.60. The second kappa shape index (κ2) is 4.34. The highest BCUT2D eigenvalue weighted by atomic mass is 16.3. The van der Waals surface area contributed by atoms with Crippen LogP contribution in [0.3, 0.4) is 0 Å². The minimum Gasteiger partial charge on any atom is -0.391 e. The van der Waals surface area contributed by atoms with Gasteiger partial charge >= 0.3 is 0 Å². The van der Waals surface area contributed by atoms with Crippen molar-refractivity contribution in [3.05, 3.63) is 29.3 Å². The molecule has 1 unspecified atom stereocenters. The molecule has 1 aliphatic rings. The predicted octanol–water partition coefficient (Wildman–Crippen LogP) is 3.04. The number of β-amino-alcohol motifs (C(OH)–C–C–N with tert-alkyl or cyclic N) is 1. The third-order valence-electron chi connectivity index (χ3n) is 3.92. The van der Waals surface area contributed by atoms with E-state index in [0.717, 1.165) is 19.4 Å². The number of rotatable bonds is 1. The van der Waals surface area contributed by atoms with Crippen molar-refractivity contribution in [1.29, 1.82) is 0 Å². The number of nitrogens with zero attached hydrogens (tertiary/aromatic N) is 1. The highest BCUT2D eigenvalue weighted by Crippen LogP contribution is 2.36. The summed E-state index contributed by atoms with van der Waals surface area (Å²) in [4.78, 5) is 2.38. The summed E-state index contributed by atoms with van der Waals surface area (Å²) in [5.74, 6) is 0. The Labute approximate surface area is 104 Å². The Hall–Kier alpha value is -1.02. The van der Waals surface area contributed by atoms with Gasteiger partial charge in [-0.05, 0) is 51.7 Å².